The summed E-state index contributed by atoms with van der Waals surface area (Å²) in [7, 11) is -3.89. The van der Waals surface area contributed by atoms with Crippen LogP contribution in [0.3, 0.4) is 0 Å². The highest BCUT2D eigenvalue weighted by atomic mass is 32.2. The van der Waals surface area contributed by atoms with E-state index in [0.717, 1.165) is 17.0 Å². The molecule has 0 saturated heterocycles. The highest BCUT2D eigenvalue weighted by molar-refractivity contribution is 7.89. The molecule has 7 nitrogen and oxygen atoms in total. The van der Waals surface area contributed by atoms with Crippen LogP contribution in [-0.2, 0) is 27.8 Å². The number of sulfonamides is 1. The van der Waals surface area contributed by atoms with Gasteiger partial charge < -0.3 is 10.3 Å². The Morgan fingerprint density at radius 3 is 2.15 bits per heavy atom. The number of hydrogen-bond donors (Lipinski definition) is 2. The largest absolute Gasteiger partial charge is 0.349 e. The molecule has 174 valence electrons. The minimum Gasteiger partial charge on any atom is -0.349 e. The number of carbonyl (C=O) groups is 1. The zero-order valence-corrected chi connectivity index (χ0v) is 19.4. The molecule has 0 radical (unpaired) electrons. The van der Waals surface area contributed by atoms with Gasteiger partial charge in [-0.25, -0.2) is 13.4 Å². The van der Waals surface area contributed by atoms with Crippen molar-refractivity contribution < 1.29 is 13.2 Å². The molecule has 0 aliphatic rings. The van der Waals surface area contributed by atoms with E-state index >= 15 is 0 Å². The monoisotopic (exact) mass is 474 g/mol. The number of rotatable bonds is 10. The SMILES string of the molecule is O=C(CN(Cc1ccccc1)S(=O)(=O)c1ccccc1)N[C@H](Cc1ncc[nH]1)c1ccccc1. The molecular formula is C26H26N4O3S. The van der Waals surface area contributed by atoms with Crippen molar-refractivity contribution in [3.8, 4) is 0 Å². The van der Waals surface area contributed by atoms with E-state index in [4.69, 9.17) is 0 Å². The van der Waals surface area contributed by atoms with Gasteiger partial charge in [0, 0.05) is 25.4 Å². The molecule has 0 aliphatic carbocycles. The molecule has 0 bridgehead atoms. The van der Waals surface area contributed by atoms with Crippen LogP contribution >= 0.6 is 0 Å². The van der Waals surface area contributed by atoms with Crippen LogP contribution in [-0.4, -0.2) is 35.1 Å². The van der Waals surface area contributed by atoms with E-state index in [2.05, 4.69) is 15.3 Å². The number of nitrogens with one attached hydrogen (secondary N) is 2. The summed E-state index contributed by atoms with van der Waals surface area (Å²) in [6, 6.07) is 26.6. The van der Waals surface area contributed by atoms with E-state index in [0.29, 0.717) is 6.42 Å². The maximum Gasteiger partial charge on any atom is 0.243 e. The van der Waals surface area contributed by atoms with Gasteiger partial charge >= 0.3 is 0 Å². The van der Waals surface area contributed by atoms with Gasteiger partial charge in [0.05, 0.1) is 17.5 Å². The molecule has 0 spiro atoms. The Hall–Kier alpha value is -3.75. The summed E-state index contributed by atoms with van der Waals surface area (Å²) in [6.07, 6.45) is 3.84. The number of carbonyl (C=O) groups excluding carboxylic acids is 1. The minimum atomic E-state index is -3.89. The van der Waals surface area contributed by atoms with Crippen molar-refractivity contribution in [2.24, 2.45) is 0 Å². The molecule has 1 aromatic heterocycles. The highest BCUT2D eigenvalue weighted by Gasteiger charge is 2.28. The van der Waals surface area contributed by atoms with Crippen molar-refractivity contribution in [3.63, 3.8) is 0 Å². The molecule has 8 heteroatoms. The van der Waals surface area contributed by atoms with Gasteiger partial charge in [0.25, 0.3) is 0 Å². The van der Waals surface area contributed by atoms with Crippen LogP contribution < -0.4 is 5.32 Å². The van der Waals surface area contributed by atoms with Crippen molar-refractivity contribution in [3.05, 3.63) is 120 Å². The summed E-state index contributed by atoms with van der Waals surface area (Å²) in [4.78, 5) is 20.7. The third-order valence-electron chi connectivity index (χ3n) is 5.39. The lowest BCUT2D eigenvalue weighted by atomic mass is 10.0. The third-order valence-corrected chi connectivity index (χ3v) is 7.20. The fourth-order valence-corrected chi connectivity index (χ4v) is 5.10. The van der Waals surface area contributed by atoms with Gasteiger partial charge in [0.15, 0.2) is 0 Å². The molecule has 0 aliphatic heterocycles. The van der Waals surface area contributed by atoms with Crippen LogP contribution in [0.15, 0.2) is 108 Å². The number of aromatic amines is 1. The average Bonchev–Trinajstić information content (AvgIpc) is 3.38. The van der Waals surface area contributed by atoms with Crippen LogP contribution in [0.25, 0.3) is 0 Å². The zero-order valence-electron chi connectivity index (χ0n) is 18.5. The van der Waals surface area contributed by atoms with E-state index in [1.165, 1.54) is 16.4 Å². The van der Waals surface area contributed by atoms with Crippen molar-refractivity contribution in [1.29, 1.82) is 0 Å². The van der Waals surface area contributed by atoms with Crippen LogP contribution in [0.5, 0.6) is 0 Å². The Morgan fingerprint density at radius 1 is 0.912 bits per heavy atom. The van der Waals surface area contributed by atoms with Crippen molar-refractivity contribution in [2.75, 3.05) is 6.54 Å². The number of benzene rings is 3. The van der Waals surface area contributed by atoms with E-state index in [-0.39, 0.29) is 24.0 Å². The molecule has 0 fully saturated rings. The number of nitrogens with zero attached hydrogens (tertiary/aromatic N) is 2. The molecule has 1 heterocycles. The molecular weight excluding hydrogens is 448 g/mol. The van der Waals surface area contributed by atoms with Crippen LogP contribution in [0.1, 0.15) is 23.0 Å². The van der Waals surface area contributed by atoms with Crippen LogP contribution in [0.2, 0.25) is 0 Å². The summed E-state index contributed by atoms with van der Waals surface area (Å²) >= 11 is 0. The Labute approximate surface area is 199 Å². The maximum atomic E-state index is 13.4. The molecule has 34 heavy (non-hydrogen) atoms. The first-order valence-corrected chi connectivity index (χ1v) is 12.4. The van der Waals surface area contributed by atoms with E-state index in [1.807, 2.05) is 60.7 Å². The number of H-pyrrole nitrogens is 1. The summed E-state index contributed by atoms with van der Waals surface area (Å²) in [5.74, 6) is 0.336. The van der Waals surface area contributed by atoms with Crippen molar-refractivity contribution >= 4 is 15.9 Å². The summed E-state index contributed by atoms with van der Waals surface area (Å²) in [5.41, 5.74) is 1.71. The zero-order chi connectivity index (χ0) is 23.8. The second kappa shape index (κ2) is 10.9. The third kappa shape index (κ3) is 5.98. The lowest BCUT2D eigenvalue weighted by Gasteiger charge is -2.24. The van der Waals surface area contributed by atoms with E-state index < -0.39 is 15.9 Å². The Bertz CT molecular complexity index is 1280. The van der Waals surface area contributed by atoms with Crippen LogP contribution in [0, 0.1) is 0 Å². The highest BCUT2D eigenvalue weighted by Crippen LogP contribution is 2.20. The molecule has 4 aromatic rings. The minimum absolute atomic E-state index is 0.0830. The first kappa shape index (κ1) is 23.4. The quantitative estimate of drug-likeness (QED) is 0.366. The number of hydrogen-bond acceptors (Lipinski definition) is 4. The fourth-order valence-electron chi connectivity index (χ4n) is 3.70. The van der Waals surface area contributed by atoms with E-state index in [9.17, 15) is 13.2 Å². The predicted octanol–water partition coefficient (Wildman–Crippen LogP) is 3.70. The van der Waals surface area contributed by atoms with Gasteiger partial charge in [0.1, 0.15) is 5.82 Å². The lowest BCUT2D eigenvalue weighted by molar-refractivity contribution is -0.122. The second-order valence-corrected chi connectivity index (χ2v) is 9.78. The van der Waals surface area contributed by atoms with Gasteiger partial charge in [-0.05, 0) is 23.3 Å². The van der Waals surface area contributed by atoms with Crippen molar-refractivity contribution in [2.45, 2.75) is 23.9 Å². The second-order valence-electron chi connectivity index (χ2n) is 7.84. The molecule has 1 amide bonds. The first-order chi connectivity index (χ1) is 16.5. The lowest BCUT2D eigenvalue weighted by Crippen LogP contribution is -2.42. The Balaban J connectivity index is 1.57. The number of imidazole rings is 1. The molecule has 1 atom stereocenters. The summed E-state index contributed by atoms with van der Waals surface area (Å²) in [6.45, 7) is -0.229. The van der Waals surface area contributed by atoms with Gasteiger partial charge in [-0.2, -0.15) is 4.31 Å². The standard InChI is InChI=1S/C26H26N4O3S/c31-26(29-24(18-25-27-16-17-28-25)22-12-6-2-7-13-22)20-30(19-21-10-4-1-5-11-21)34(32,33)23-14-8-3-9-15-23/h1-17,24H,18-20H2,(H,27,28)(H,29,31)/t24-/m1/s1. The number of amides is 1. The molecule has 2 N–H and O–H groups in total. The van der Waals surface area contributed by atoms with Crippen LogP contribution in [0.4, 0.5) is 0 Å². The summed E-state index contributed by atoms with van der Waals surface area (Å²) < 4.78 is 28.0. The average molecular weight is 475 g/mol. The molecule has 4 rings (SSSR count). The van der Waals surface area contributed by atoms with Gasteiger partial charge in [-0.1, -0.05) is 78.9 Å². The van der Waals surface area contributed by atoms with Crippen molar-refractivity contribution in [1.82, 2.24) is 19.6 Å². The smallest absolute Gasteiger partial charge is 0.243 e. The molecule has 0 saturated carbocycles. The maximum absolute atomic E-state index is 13.4. The van der Waals surface area contributed by atoms with E-state index in [1.54, 1.807) is 30.6 Å². The van der Waals surface area contributed by atoms with Gasteiger partial charge in [-0.15, -0.1) is 0 Å². The topological polar surface area (TPSA) is 95.2 Å². The summed E-state index contributed by atoms with van der Waals surface area (Å²) in [5, 5.41) is 3.01. The number of aromatic nitrogens is 2. The normalized spacial score (nSPS) is 12.4. The fraction of sp³-hybridized carbons (Fsp3) is 0.154. The molecule has 3 aromatic carbocycles. The Morgan fingerprint density at radius 2 is 1.53 bits per heavy atom. The van der Waals surface area contributed by atoms with Gasteiger partial charge in [0.2, 0.25) is 15.9 Å². The predicted molar refractivity (Wildman–Crippen MR) is 130 cm³/mol. The first-order valence-electron chi connectivity index (χ1n) is 10.9. The molecule has 0 unspecified atom stereocenters. The Kier molecular flexibility index (Phi) is 7.51. The van der Waals surface area contributed by atoms with Gasteiger partial charge in [-0.3, -0.25) is 4.79 Å².